The van der Waals surface area contributed by atoms with E-state index in [9.17, 15) is 0 Å². The van der Waals surface area contributed by atoms with Crippen LogP contribution >= 0.6 is 0 Å². The van der Waals surface area contributed by atoms with Crippen LogP contribution < -0.4 is 5.73 Å². The number of rotatable bonds is 4. The molecular formula is C12H24N2. The van der Waals surface area contributed by atoms with Crippen molar-refractivity contribution in [1.82, 2.24) is 4.90 Å². The molecule has 2 nitrogen and oxygen atoms in total. The summed E-state index contributed by atoms with van der Waals surface area (Å²) in [4.78, 5) is 2.46. The van der Waals surface area contributed by atoms with Crippen molar-refractivity contribution < 1.29 is 0 Å². The highest BCUT2D eigenvalue weighted by molar-refractivity contribution is 4.88. The van der Waals surface area contributed by atoms with Crippen LogP contribution in [0.5, 0.6) is 0 Å². The molecule has 1 heterocycles. The number of piperidine rings is 1. The summed E-state index contributed by atoms with van der Waals surface area (Å²) in [6, 6.07) is 0. The first-order valence-electron chi connectivity index (χ1n) is 6.18. The summed E-state index contributed by atoms with van der Waals surface area (Å²) in [5.41, 5.74) is 5.58. The van der Waals surface area contributed by atoms with Gasteiger partial charge >= 0.3 is 0 Å². The Morgan fingerprint density at radius 3 is 2.57 bits per heavy atom. The Bertz CT molecular complexity index is 173. The fraction of sp³-hybridized carbons (Fsp3) is 1.00. The lowest BCUT2D eigenvalue weighted by atomic mass is 9.91. The minimum absolute atomic E-state index is 0.897. The molecule has 0 amide bonds. The Morgan fingerprint density at radius 1 is 1.21 bits per heavy atom. The molecule has 1 saturated heterocycles. The van der Waals surface area contributed by atoms with Crippen molar-refractivity contribution in [3.63, 3.8) is 0 Å². The molecule has 2 N–H and O–H groups in total. The topological polar surface area (TPSA) is 29.3 Å². The van der Waals surface area contributed by atoms with Gasteiger partial charge in [0.2, 0.25) is 0 Å². The first kappa shape index (κ1) is 10.4. The van der Waals surface area contributed by atoms with E-state index < -0.39 is 0 Å². The Morgan fingerprint density at radius 2 is 1.93 bits per heavy atom. The molecule has 0 aromatic heterocycles. The minimum atomic E-state index is 0.897. The SMILES string of the molecule is CN1CCC(CC2CC2CCN)CC1. The summed E-state index contributed by atoms with van der Waals surface area (Å²) in [6.07, 6.45) is 7.12. The summed E-state index contributed by atoms with van der Waals surface area (Å²) < 4.78 is 0. The summed E-state index contributed by atoms with van der Waals surface area (Å²) in [6.45, 7) is 3.53. The lowest BCUT2D eigenvalue weighted by Gasteiger charge is -2.29. The first-order valence-corrected chi connectivity index (χ1v) is 6.18. The summed E-state index contributed by atoms with van der Waals surface area (Å²) >= 11 is 0. The third-order valence-electron chi connectivity index (χ3n) is 4.08. The molecule has 0 aromatic rings. The molecule has 1 aliphatic heterocycles. The molecule has 0 bridgehead atoms. The summed E-state index contributed by atoms with van der Waals surface area (Å²) in [5, 5.41) is 0. The zero-order chi connectivity index (χ0) is 9.97. The molecule has 2 aliphatic rings. The van der Waals surface area contributed by atoms with Crippen molar-refractivity contribution >= 4 is 0 Å². The van der Waals surface area contributed by atoms with Gasteiger partial charge in [-0.3, -0.25) is 0 Å². The zero-order valence-corrected chi connectivity index (χ0v) is 9.41. The third-order valence-corrected chi connectivity index (χ3v) is 4.08. The van der Waals surface area contributed by atoms with Gasteiger partial charge in [-0.25, -0.2) is 0 Å². The van der Waals surface area contributed by atoms with E-state index in [0.717, 1.165) is 24.3 Å². The van der Waals surface area contributed by atoms with E-state index in [-0.39, 0.29) is 0 Å². The molecule has 2 heteroatoms. The van der Waals surface area contributed by atoms with Gasteiger partial charge in [-0.15, -0.1) is 0 Å². The van der Waals surface area contributed by atoms with Gasteiger partial charge in [-0.2, -0.15) is 0 Å². The molecule has 0 spiro atoms. The van der Waals surface area contributed by atoms with Crippen LogP contribution in [0.15, 0.2) is 0 Å². The Balaban J connectivity index is 1.62. The largest absolute Gasteiger partial charge is 0.330 e. The van der Waals surface area contributed by atoms with Crippen molar-refractivity contribution in [2.24, 2.45) is 23.5 Å². The number of nitrogens with two attached hydrogens (primary N) is 1. The second-order valence-electron chi connectivity index (χ2n) is 5.32. The van der Waals surface area contributed by atoms with Crippen LogP contribution in [-0.2, 0) is 0 Å². The lowest BCUT2D eigenvalue weighted by molar-refractivity contribution is 0.206. The van der Waals surface area contributed by atoms with Crippen LogP contribution in [0.3, 0.4) is 0 Å². The molecule has 1 aliphatic carbocycles. The average Bonchev–Trinajstić information content (AvgIpc) is 2.89. The van der Waals surface area contributed by atoms with Crippen molar-refractivity contribution in [1.29, 1.82) is 0 Å². The molecule has 82 valence electrons. The fourth-order valence-corrected chi connectivity index (χ4v) is 2.89. The smallest absolute Gasteiger partial charge is 0.00191 e. The van der Waals surface area contributed by atoms with Gasteiger partial charge in [-0.05, 0) is 76.5 Å². The van der Waals surface area contributed by atoms with Crippen LogP contribution in [0.2, 0.25) is 0 Å². The molecule has 0 radical (unpaired) electrons. The number of likely N-dealkylation sites (tertiary alicyclic amines) is 1. The van der Waals surface area contributed by atoms with Crippen LogP contribution in [0, 0.1) is 17.8 Å². The quantitative estimate of drug-likeness (QED) is 0.741. The molecule has 2 unspecified atom stereocenters. The van der Waals surface area contributed by atoms with Crippen molar-refractivity contribution in [2.45, 2.75) is 32.1 Å². The standard InChI is InChI=1S/C12H24N2/c1-14-6-3-10(4-7-14)8-12-9-11(12)2-5-13/h10-12H,2-9,13H2,1H3. The van der Waals surface area contributed by atoms with Gasteiger partial charge in [-0.1, -0.05) is 0 Å². The second-order valence-corrected chi connectivity index (χ2v) is 5.32. The van der Waals surface area contributed by atoms with Gasteiger partial charge < -0.3 is 10.6 Å². The number of hydrogen-bond acceptors (Lipinski definition) is 2. The molecule has 2 atom stereocenters. The molecule has 1 saturated carbocycles. The van der Waals surface area contributed by atoms with Crippen LogP contribution in [0.1, 0.15) is 32.1 Å². The average molecular weight is 196 g/mol. The normalized spacial score (nSPS) is 34.7. The highest BCUT2D eigenvalue weighted by Crippen LogP contribution is 2.46. The highest BCUT2D eigenvalue weighted by atomic mass is 15.1. The Labute approximate surface area is 87.8 Å². The van der Waals surface area contributed by atoms with E-state index >= 15 is 0 Å². The highest BCUT2D eigenvalue weighted by Gasteiger charge is 2.37. The number of hydrogen-bond donors (Lipinski definition) is 1. The number of nitrogens with zero attached hydrogens (tertiary/aromatic N) is 1. The molecule has 2 rings (SSSR count). The monoisotopic (exact) mass is 196 g/mol. The Kier molecular flexibility index (Phi) is 3.45. The molecule has 2 fully saturated rings. The predicted octanol–water partition coefficient (Wildman–Crippen LogP) is 1.70. The maximum atomic E-state index is 5.58. The minimum Gasteiger partial charge on any atom is -0.330 e. The first-order chi connectivity index (χ1) is 6.79. The van der Waals surface area contributed by atoms with Crippen LogP contribution in [0.25, 0.3) is 0 Å². The van der Waals surface area contributed by atoms with Crippen molar-refractivity contribution in [3.05, 3.63) is 0 Å². The van der Waals surface area contributed by atoms with E-state index in [0.29, 0.717) is 0 Å². The zero-order valence-electron chi connectivity index (χ0n) is 9.41. The molecular weight excluding hydrogens is 172 g/mol. The molecule has 14 heavy (non-hydrogen) atoms. The van der Waals surface area contributed by atoms with E-state index in [4.69, 9.17) is 5.73 Å². The summed E-state index contributed by atoms with van der Waals surface area (Å²) in [7, 11) is 2.24. The summed E-state index contributed by atoms with van der Waals surface area (Å²) in [5.74, 6) is 3.07. The third kappa shape index (κ3) is 2.71. The maximum absolute atomic E-state index is 5.58. The van der Waals surface area contributed by atoms with Gasteiger partial charge in [0.1, 0.15) is 0 Å². The van der Waals surface area contributed by atoms with Crippen LogP contribution in [0.4, 0.5) is 0 Å². The molecule has 0 aromatic carbocycles. The maximum Gasteiger partial charge on any atom is -0.00191 e. The lowest BCUT2D eigenvalue weighted by Crippen LogP contribution is -2.30. The van der Waals surface area contributed by atoms with E-state index in [2.05, 4.69) is 11.9 Å². The fourth-order valence-electron chi connectivity index (χ4n) is 2.89. The van der Waals surface area contributed by atoms with Gasteiger partial charge in [0, 0.05) is 0 Å². The second kappa shape index (κ2) is 4.63. The van der Waals surface area contributed by atoms with Gasteiger partial charge in [0.05, 0.1) is 0 Å². The van der Waals surface area contributed by atoms with E-state index in [1.807, 2.05) is 0 Å². The van der Waals surface area contributed by atoms with Crippen LogP contribution in [-0.4, -0.2) is 31.6 Å². The predicted molar refractivity (Wildman–Crippen MR) is 60.1 cm³/mol. The van der Waals surface area contributed by atoms with Crippen molar-refractivity contribution in [3.8, 4) is 0 Å². The van der Waals surface area contributed by atoms with Gasteiger partial charge in [0.25, 0.3) is 0 Å². The van der Waals surface area contributed by atoms with Crippen molar-refractivity contribution in [2.75, 3.05) is 26.7 Å². The van der Waals surface area contributed by atoms with Gasteiger partial charge in [0.15, 0.2) is 0 Å². The van der Waals surface area contributed by atoms with E-state index in [1.165, 1.54) is 45.2 Å². The van der Waals surface area contributed by atoms with E-state index in [1.54, 1.807) is 0 Å². The Hall–Kier alpha value is -0.0800.